The smallest absolute Gasteiger partial charge is 0.388 e. The van der Waals surface area contributed by atoms with Gasteiger partial charge in [0, 0.05) is 0 Å². The predicted molar refractivity (Wildman–Crippen MR) is 172 cm³/mol. The second kappa shape index (κ2) is 12.6. The third-order valence-corrected chi connectivity index (χ3v) is 22.2. The van der Waals surface area contributed by atoms with E-state index in [4.69, 9.17) is 12.3 Å². The SMILES string of the molecule is C=C[Si](C=C)(C=C)O[Si](C)(O[Si](O[Si](C=C)(C=C)C=C)(c1ccccc1)c1ccccc1)c1ccccc1. The van der Waals surface area contributed by atoms with Crippen LogP contribution < -0.4 is 15.6 Å². The second-order valence-corrected chi connectivity index (χ2v) is 22.1. The Morgan fingerprint density at radius 1 is 0.447 bits per heavy atom. The van der Waals surface area contributed by atoms with Gasteiger partial charge in [-0.1, -0.05) is 125 Å². The first-order chi connectivity index (χ1) is 18.3. The van der Waals surface area contributed by atoms with E-state index in [0.29, 0.717) is 0 Å². The standard InChI is InChI=1S/C31H36O3Si4/c1-8-36(9-2,10-3)32-35(7,29-23-17-14-18-24-29)33-38(30-25-19-15-20-26-30,31-27-21-16-22-28-31)34-37(11-4,12-5)13-6/h8-28H,1-6H2,7H3. The van der Waals surface area contributed by atoms with Crippen LogP contribution in [-0.4, -0.2) is 33.8 Å². The van der Waals surface area contributed by atoms with E-state index in [0.717, 1.165) is 15.6 Å². The summed E-state index contributed by atoms with van der Waals surface area (Å²) < 4.78 is 21.9. The van der Waals surface area contributed by atoms with Crippen molar-refractivity contribution in [2.75, 3.05) is 0 Å². The Labute approximate surface area is 232 Å². The summed E-state index contributed by atoms with van der Waals surface area (Å²) in [6.07, 6.45) is 0. The molecule has 38 heavy (non-hydrogen) atoms. The molecule has 3 nitrogen and oxygen atoms in total. The molecule has 0 saturated carbocycles. The molecule has 0 heterocycles. The van der Waals surface area contributed by atoms with Crippen LogP contribution in [0.3, 0.4) is 0 Å². The molecule has 3 rings (SSSR count). The predicted octanol–water partition coefficient (Wildman–Crippen LogP) is 5.51. The Morgan fingerprint density at radius 3 is 1.11 bits per heavy atom. The Kier molecular flexibility index (Phi) is 9.75. The maximum atomic E-state index is 7.52. The topological polar surface area (TPSA) is 27.7 Å². The molecule has 0 radical (unpaired) electrons. The highest BCUT2D eigenvalue weighted by molar-refractivity contribution is 7.07. The van der Waals surface area contributed by atoms with Crippen molar-refractivity contribution in [3.63, 3.8) is 0 Å². The van der Waals surface area contributed by atoms with E-state index < -0.39 is 33.8 Å². The van der Waals surface area contributed by atoms with Gasteiger partial charge in [-0.25, -0.2) is 0 Å². The van der Waals surface area contributed by atoms with Gasteiger partial charge in [0.25, 0.3) is 16.6 Å². The van der Waals surface area contributed by atoms with Crippen LogP contribution in [0.5, 0.6) is 0 Å². The van der Waals surface area contributed by atoms with Gasteiger partial charge in [0.05, 0.1) is 0 Å². The summed E-state index contributed by atoms with van der Waals surface area (Å²) in [4.78, 5) is 0. The van der Waals surface area contributed by atoms with E-state index >= 15 is 0 Å². The molecule has 0 N–H and O–H groups in total. The number of rotatable bonds is 15. The van der Waals surface area contributed by atoms with Gasteiger partial charge < -0.3 is 12.3 Å². The lowest BCUT2D eigenvalue weighted by atomic mass is 10.4. The fourth-order valence-electron chi connectivity index (χ4n) is 4.23. The molecule has 7 heteroatoms. The first kappa shape index (κ1) is 29.4. The van der Waals surface area contributed by atoms with Gasteiger partial charge in [-0.2, -0.15) is 0 Å². The van der Waals surface area contributed by atoms with Crippen LogP contribution in [0, 0.1) is 0 Å². The molecule has 0 aliphatic carbocycles. The summed E-state index contributed by atoms with van der Waals surface area (Å²) in [5.74, 6) is 0. The van der Waals surface area contributed by atoms with Gasteiger partial charge in [0.15, 0.2) is 0 Å². The highest BCUT2D eigenvalue weighted by Gasteiger charge is 2.55. The van der Waals surface area contributed by atoms with Crippen LogP contribution in [-0.2, 0) is 12.3 Å². The molecular weight excluding hydrogens is 533 g/mol. The number of hydrogen-bond donors (Lipinski definition) is 0. The molecule has 0 bridgehead atoms. The van der Waals surface area contributed by atoms with E-state index in [1.807, 2.05) is 88.8 Å². The third kappa shape index (κ3) is 5.95. The fourth-order valence-corrected chi connectivity index (χ4v) is 20.4. The van der Waals surface area contributed by atoms with E-state index in [1.54, 1.807) is 0 Å². The van der Waals surface area contributed by atoms with Crippen molar-refractivity contribution < 1.29 is 12.3 Å². The zero-order chi connectivity index (χ0) is 27.7. The third-order valence-electron chi connectivity index (χ3n) is 6.55. The van der Waals surface area contributed by atoms with E-state index in [9.17, 15) is 0 Å². The van der Waals surface area contributed by atoms with Crippen molar-refractivity contribution in [1.82, 2.24) is 0 Å². The summed E-state index contributed by atoms with van der Waals surface area (Å²) in [5.41, 5.74) is 11.0. The van der Waals surface area contributed by atoms with Crippen molar-refractivity contribution in [2.45, 2.75) is 6.55 Å². The Bertz CT molecular complexity index is 1200. The molecular formula is C31H36O3Si4. The molecule has 0 aliphatic heterocycles. The molecule has 0 aliphatic rings. The molecule has 3 aromatic carbocycles. The van der Waals surface area contributed by atoms with Crippen LogP contribution in [0.4, 0.5) is 0 Å². The Hall–Kier alpha value is -3.15. The van der Waals surface area contributed by atoms with Crippen LogP contribution in [0.25, 0.3) is 0 Å². The van der Waals surface area contributed by atoms with Gasteiger partial charge in [0.1, 0.15) is 0 Å². The molecule has 0 saturated heterocycles. The van der Waals surface area contributed by atoms with Crippen molar-refractivity contribution in [3.05, 3.63) is 165 Å². The van der Waals surface area contributed by atoms with Crippen molar-refractivity contribution >= 4 is 49.3 Å². The number of hydrogen-bond acceptors (Lipinski definition) is 3. The first-order valence-corrected chi connectivity index (χ1v) is 20.8. The van der Waals surface area contributed by atoms with E-state index in [-0.39, 0.29) is 0 Å². The van der Waals surface area contributed by atoms with Crippen LogP contribution in [0.2, 0.25) is 6.55 Å². The number of benzene rings is 3. The molecule has 3 aromatic rings. The van der Waals surface area contributed by atoms with Gasteiger partial charge in [0.2, 0.25) is 0 Å². The highest BCUT2D eigenvalue weighted by atomic mass is 28.5. The zero-order valence-corrected chi connectivity index (χ0v) is 26.1. The van der Waals surface area contributed by atoms with Crippen molar-refractivity contribution in [3.8, 4) is 0 Å². The molecule has 1 unspecified atom stereocenters. The lowest BCUT2D eigenvalue weighted by molar-refractivity contribution is 0.355. The van der Waals surface area contributed by atoms with Crippen molar-refractivity contribution in [1.29, 1.82) is 0 Å². The van der Waals surface area contributed by atoms with Gasteiger partial charge in [-0.15, -0.1) is 39.5 Å². The molecule has 0 fully saturated rings. The molecule has 1 atom stereocenters. The monoisotopic (exact) mass is 568 g/mol. The first-order valence-electron chi connectivity index (χ1n) is 12.4. The van der Waals surface area contributed by atoms with Crippen LogP contribution in [0.1, 0.15) is 0 Å². The minimum absolute atomic E-state index is 0.954. The van der Waals surface area contributed by atoms with Crippen LogP contribution in [0.15, 0.2) is 165 Å². The second-order valence-electron chi connectivity index (χ2n) is 8.90. The molecule has 0 spiro atoms. The van der Waals surface area contributed by atoms with Crippen LogP contribution >= 0.6 is 0 Å². The highest BCUT2D eigenvalue weighted by Crippen LogP contribution is 2.27. The summed E-state index contributed by atoms with van der Waals surface area (Å²) in [6.45, 7) is 26.6. The lowest BCUT2D eigenvalue weighted by Gasteiger charge is -2.45. The summed E-state index contributed by atoms with van der Waals surface area (Å²) >= 11 is 0. The van der Waals surface area contributed by atoms with Gasteiger partial charge >= 0.3 is 17.1 Å². The minimum atomic E-state index is -3.50. The summed E-state index contributed by atoms with van der Waals surface area (Å²) in [7, 11) is -12.4. The van der Waals surface area contributed by atoms with E-state index in [2.05, 4.69) is 82.4 Å². The Morgan fingerprint density at radius 2 is 0.763 bits per heavy atom. The maximum Gasteiger partial charge on any atom is 0.388 e. The average molecular weight is 569 g/mol. The molecule has 194 valence electrons. The average Bonchev–Trinajstić information content (AvgIpc) is 3.00. The zero-order valence-electron chi connectivity index (χ0n) is 22.1. The fraction of sp³-hybridized carbons (Fsp3) is 0.0323. The summed E-state index contributed by atoms with van der Waals surface area (Å²) in [6, 6.07) is 30.3. The summed E-state index contributed by atoms with van der Waals surface area (Å²) in [5, 5.41) is 2.88. The largest absolute Gasteiger partial charge is 0.423 e. The normalized spacial score (nSPS) is 13.5. The van der Waals surface area contributed by atoms with Gasteiger partial charge in [-0.05, 0) is 22.1 Å². The van der Waals surface area contributed by atoms with Gasteiger partial charge in [-0.3, -0.25) is 0 Å². The maximum absolute atomic E-state index is 7.52. The van der Waals surface area contributed by atoms with E-state index in [1.165, 1.54) is 0 Å². The molecule has 0 aromatic heterocycles. The quantitative estimate of drug-likeness (QED) is 0.226. The Balaban J connectivity index is 2.40. The molecule has 0 amide bonds. The minimum Gasteiger partial charge on any atom is -0.423 e. The van der Waals surface area contributed by atoms with Crippen molar-refractivity contribution in [2.24, 2.45) is 0 Å². The lowest BCUT2D eigenvalue weighted by Crippen LogP contribution is -2.74.